The van der Waals surface area contributed by atoms with Crippen LogP contribution in [0.15, 0.2) is 12.3 Å². The third kappa shape index (κ3) is 3.10. The van der Waals surface area contributed by atoms with Crippen LogP contribution in [-0.4, -0.2) is 60.0 Å². The number of nitrogens with zero attached hydrogens (tertiary/aromatic N) is 3. The number of aryl methyl sites for hydroxylation is 1. The number of carbonyl (C=O) groups is 1. The fraction of sp³-hybridized carbons (Fsp3) is 0.600. The minimum atomic E-state index is 0.0772. The van der Waals surface area contributed by atoms with E-state index in [9.17, 15) is 4.79 Å². The standard InChI is InChI=1S/C15H24N4O/c1-5-16-14-8-11(2)17-9-13(14)15(20)19-7-6-18(4)12(3)10-19/h8-9,12H,5-7,10H2,1-4H3,(H,16,17). The topological polar surface area (TPSA) is 48.5 Å². The first kappa shape index (κ1) is 14.8. The van der Waals surface area contributed by atoms with Gasteiger partial charge in [0.25, 0.3) is 5.91 Å². The molecule has 1 aliphatic rings. The number of hydrogen-bond acceptors (Lipinski definition) is 4. The highest BCUT2D eigenvalue weighted by Gasteiger charge is 2.26. The lowest BCUT2D eigenvalue weighted by Gasteiger charge is -2.37. The third-order valence-electron chi connectivity index (χ3n) is 3.89. The summed E-state index contributed by atoms with van der Waals surface area (Å²) in [7, 11) is 2.10. The van der Waals surface area contributed by atoms with Crippen LogP contribution in [-0.2, 0) is 0 Å². The first-order valence-corrected chi connectivity index (χ1v) is 7.23. The maximum atomic E-state index is 12.7. The molecule has 1 aromatic rings. The minimum absolute atomic E-state index is 0.0772. The number of nitrogens with one attached hydrogen (secondary N) is 1. The molecule has 5 nitrogen and oxygen atoms in total. The molecule has 0 bridgehead atoms. The Morgan fingerprint density at radius 2 is 2.25 bits per heavy atom. The summed E-state index contributed by atoms with van der Waals surface area (Å²) in [6.45, 7) is 9.38. The number of hydrogen-bond donors (Lipinski definition) is 1. The lowest BCUT2D eigenvalue weighted by molar-refractivity contribution is 0.0573. The second-order valence-electron chi connectivity index (χ2n) is 5.48. The van der Waals surface area contributed by atoms with Crippen molar-refractivity contribution in [3.05, 3.63) is 23.5 Å². The number of amides is 1. The number of carbonyl (C=O) groups excluding carboxylic acids is 1. The molecule has 20 heavy (non-hydrogen) atoms. The van der Waals surface area contributed by atoms with Gasteiger partial charge in [-0.1, -0.05) is 0 Å². The van der Waals surface area contributed by atoms with Gasteiger partial charge in [0, 0.05) is 44.1 Å². The van der Waals surface area contributed by atoms with Crippen LogP contribution in [0.5, 0.6) is 0 Å². The normalized spacial score (nSPS) is 20.0. The summed E-state index contributed by atoms with van der Waals surface area (Å²) in [6, 6.07) is 2.34. The van der Waals surface area contributed by atoms with Crippen molar-refractivity contribution in [3.63, 3.8) is 0 Å². The second kappa shape index (κ2) is 6.22. The molecule has 1 fully saturated rings. The molecule has 1 unspecified atom stereocenters. The Hall–Kier alpha value is -1.62. The summed E-state index contributed by atoms with van der Waals surface area (Å²) in [5, 5.41) is 3.26. The van der Waals surface area contributed by atoms with Crippen LogP contribution >= 0.6 is 0 Å². The van der Waals surface area contributed by atoms with Gasteiger partial charge in [-0.2, -0.15) is 0 Å². The average Bonchev–Trinajstić information content (AvgIpc) is 2.42. The van der Waals surface area contributed by atoms with E-state index >= 15 is 0 Å². The van der Waals surface area contributed by atoms with Crippen LogP contribution in [0.1, 0.15) is 29.9 Å². The molecule has 1 aromatic heterocycles. The smallest absolute Gasteiger partial charge is 0.257 e. The lowest BCUT2D eigenvalue weighted by atomic mass is 10.1. The fourth-order valence-electron chi connectivity index (χ4n) is 2.47. The van der Waals surface area contributed by atoms with Crippen molar-refractivity contribution < 1.29 is 4.79 Å². The van der Waals surface area contributed by atoms with Crippen molar-refractivity contribution in [3.8, 4) is 0 Å². The highest BCUT2D eigenvalue weighted by molar-refractivity contribution is 5.99. The zero-order valence-corrected chi connectivity index (χ0v) is 12.8. The summed E-state index contributed by atoms with van der Waals surface area (Å²) in [4.78, 5) is 21.2. The Labute approximate surface area is 121 Å². The van der Waals surface area contributed by atoms with Gasteiger partial charge in [-0.3, -0.25) is 9.78 Å². The van der Waals surface area contributed by atoms with Crippen LogP contribution in [0.3, 0.4) is 0 Å². The number of aromatic nitrogens is 1. The Morgan fingerprint density at radius 3 is 2.90 bits per heavy atom. The summed E-state index contributed by atoms with van der Waals surface area (Å²) < 4.78 is 0. The predicted molar refractivity (Wildman–Crippen MR) is 81.1 cm³/mol. The average molecular weight is 276 g/mol. The largest absolute Gasteiger partial charge is 0.385 e. The maximum Gasteiger partial charge on any atom is 0.257 e. The number of likely N-dealkylation sites (N-methyl/N-ethyl adjacent to an activating group) is 1. The molecule has 1 amide bonds. The summed E-state index contributed by atoms with van der Waals surface area (Å²) in [5.74, 6) is 0.0772. The van der Waals surface area contributed by atoms with E-state index in [-0.39, 0.29) is 5.91 Å². The van der Waals surface area contributed by atoms with Crippen molar-refractivity contribution in [2.24, 2.45) is 0 Å². The zero-order valence-electron chi connectivity index (χ0n) is 12.8. The summed E-state index contributed by atoms with van der Waals surface area (Å²) in [6.07, 6.45) is 1.69. The highest BCUT2D eigenvalue weighted by Crippen LogP contribution is 2.19. The van der Waals surface area contributed by atoms with E-state index in [0.29, 0.717) is 11.6 Å². The van der Waals surface area contributed by atoms with Crippen LogP contribution in [0, 0.1) is 6.92 Å². The molecule has 0 saturated carbocycles. The summed E-state index contributed by atoms with van der Waals surface area (Å²) in [5.41, 5.74) is 2.48. The van der Waals surface area contributed by atoms with Gasteiger partial charge in [0.1, 0.15) is 0 Å². The first-order chi connectivity index (χ1) is 9.52. The van der Waals surface area contributed by atoms with E-state index in [2.05, 4.69) is 29.2 Å². The van der Waals surface area contributed by atoms with Crippen molar-refractivity contribution >= 4 is 11.6 Å². The zero-order chi connectivity index (χ0) is 14.7. The molecule has 0 radical (unpaired) electrons. The number of piperazine rings is 1. The molecule has 2 heterocycles. The fourth-order valence-corrected chi connectivity index (χ4v) is 2.47. The van der Waals surface area contributed by atoms with E-state index in [0.717, 1.165) is 37.6 Å². The molecular weight excluding hydrogens is 252 g/mol. The lowest BCUT2D eigenvalue weighted by Crippen LogP contribution is -2.52. The molecule has 1 atom stereocenters. The second-order valence-corrected chi connectivity index (χ2v) is 5.48. The van der Waals surface area contributed by atoms with Crippen molar-refractivity contribution in [2.75, 3.05) is 38.5 Å². The molecule has 5 heteroatoms. The van der Waals surface area contributed by atoms with Gasteiger partial charge in [-0.25, -0.2) is 0 Å². The van der Waals surface area contributed by atoms with Gasteiger partial charge in [0.05, 0.1) is 11.3 Å². The molecule has 1 aliphatic heterocycles. The Bertz CT molecular complexity index is 489. The molecule has 0 aromatic carbocycles. The van der Waals surface area contributed by atoms with E-state index in [4.69, 9.17) is 0 Å². The van der Waals surface area contributed by atoms with Gasteiger partial charge >= 0.3 is 0 Å². The molecule has 0 spiro atoms. The molecule has 1 N–H and O–H groups in total. The number of anilines is 1. The van der Waals surface area contributed by atoms with Crippen molar-refractivity contribution in [1.82, 2.24) is 14.8 Å². The maximum absolute atomic E-state index is 12.7. The van der Waals surface area contributed by atoms with Gasteiger partial charge in [-0.05, 0) is 33.9 Å². The van der Waals surface area contributed by atoms with Crippen molar-refractivity contribution in [2.45, 2.75) is 26.8 Å². The van der Waals surface area contributed by atoms with Crippen LogP contribution < -0.4 is 5.32 Å². The Morgan fingerprint density at radius 1 is 1.50 bits per heavy atom. The molecule has 2 rings (SSSR count). The van der Waals surface area contributed by atoms with E-state index in [1.165, 1.54) is 0 Å². The van der Waals surface area contributed by atoms with E-state index in [1.54, 1.807) is 6.20 Å². The van der Waals surface area contributed by atoms with Crippen LogP contribution in [0.4, 0.5) is 5.69 Å². The molecule has 0 aliphatic carbocycles. The van der Waals surface area contributed by atoms with Gasteiger partial charge < -0.3 is 15.1 Å². The highest BCUT2D eigenvalue weighted by atomic mass is 16.2. The van der Waals surface area contributed by atoms with Gasteiger partial charge in [0.2, 0.25) is 0 Å². The Kier molecular flexibility index (Phi) is 4.60. The van der Waals surface area contributed by atoms with Gasteiger partial charge in [-0.15, -0.1) is 0 Å². The van der Waals surface area contributed by atoms with E-state index in [1.807, 2.05) is 24.8 Å². The molecule has 110 valence electrons. The Balaban J connectivity index is 2.20. The van der Waals surface area contributed by atoms with Gasteiger partial charge in [0.15, 0.2) is 0 Å². The van der Waals surface area contributed by atoms with Crippen LogP contribution in [0.2, 0.25) is 0 Å². The molecule has 1 saturated heterocycles. The molecular formula is C15H24N4O. The minimum Gasteiger partial charge on any atom is -0.385 e. The number of pyridine rings is 1. The van der Waals surface area contributed by atoms with Crippen LogP contribution in [0.25, 0.3) is 0 Å². The summed E-state index contributed by atoms with van der Waals surface area (Å²) >= 11 is 0. The predicted octanol–water partition coefficient (Wildman–Crippen LogP) is 1.60. The van der Waals surface area contributed by atoms with Crippen molar-refractivity contribution in [1.29, 1.82) is 0 Å². The quantitative estimate of drug-likeness (QED) is 0.911. The monoisotopic (exact) mass is 276 g/mol. The first-order valence-electron chi connectivity index (χ1n) is 7.23. The number of rotatable bonds is 3. The van der Waals surface area contributed by atoms with E-state index < -0.39 is 0 Å². The SMILES string of the molecule is CCNc1cc(C)ncc1C(=O)N1CCN(C)C(C)C1. The third-order valence-corrected chi connectivity index (χ3v) is 3.89.